The lowest BCUT2D eigenvalue weighted by Crippen LogP contribution is -2.38. The van der Waals surface area contributed by atoms with Gasteiger partial charge in [-0.3, -0.25) is 4.68 Å². The Bertz CT molecular complexity index is 486. The summed E-state index contributed by atoms with van der Waals surface area (Å²) < 4.78 is 1.89. The summed E-state index contributed by atoms with van der Waals surface area (Å²) in [6.07, 6.45) is 9.29. The van der Waals surface area contributed by atoms with Gasteiger partial charge in [0.15, 0.2) is 0 Å². The van der Waals surface area contributed by atoms with Crippen molar-refractivity contribution in [1.82, 2.24) is 24.7 Å². The van der Waals surface area contributed by atoms with Gasteiger partial charge in [0, 0.05) is 25.0 Å². The first-order valence-electron chi connectivity index (χ1n) is 6.17. The Morgan fingerprint density at radius 3 is 2.78 bits per heavy atom. The van der Waals surface area contributed by atoms with E-state index >= 15 is 0 Å². The third-order valence-corrected chi connectivity index (χ3v) is 3.26. The molecule has 0 spiro atoms. The van der Waals surface area contributed by atoms with Crippen molar-refractivity contribution in [2.24, 2.45) is 5.92 Å². The number of anilines is 1. The molecule has 2 aromatic rings. The van der Waals surface area contributed by atoms with Crippen molar-refractivity contribution in [3.63, 3.8) is 0 Å². The lowest BCUT2D eigenvalue weighted by atomic mass is 9.80. The molecule has 0 aliphatic heterocycles. The molecule has 94 valence electrons. The molecule has 0 unspecified atom stereocenters. The van der Waals surface area contributed by atoms with Gasteiger partial charge in [-0.25, -0.2) is 15.0 Å². The van der Waals surface area contributed by atoms with Crippen LogP contribution >= 0.6 is 0 Å². The van der Waals surface area contributed by atoms with Gasteiger partial charge < -0.3 is 5.32 Å². The molecule has 6 heteroatoms. The summed E-state index contributed by atoms with van der Waals surface area (Å²) in [7, 11) is 0. The summed E-state index contributed by atoms with van der Waals surface area (Å²) in [5, 5.41) is 7.46. The predicted molar refractivity (Wildman–Crippen MR) is 66.9 cm³/mol. The average molecular weight is 244 g/mol. The van der Waals surface area contributed by atoms with Crippen molar-refractivity contribution in [3.05, 3.63) is 30.6 Å². The maximum Gasteiger partial charge on any atom is 0.222 e. The molecule has 2 aromatic heterocycles. The minimum Gasteiger partial charge on any atom is -0.351 e. The van der Waals surface area contributed by atoms with Crippen molar-refractivity contribution >= 4 is 5.95 Å². The van der Waals surface area contributed by atoms with Crippen molar-refractivity contribution in [1.29, 1.82) is 0 Å². The zero-order valence-electron chi connectivity index (χ0n) is 10.3. The molecule has 0 amide bonds. The van der Waals surface area contributed by atoms with Gasteiger partial charge in [-0.2, -0.15) is 5.10 Å². The standard InChI is InChI=1S/C12H16N6/c1-9-4-14-12(15-5-9)17-11-2-10(3-11)6-18-8-13-7-16-18/h4-5,7-8,10-11H,2-3,6H2,1H3,(H,14,15,17). The molecule has 0 radical (unpaired) electrons. The topological polar surface area (TPSA) is 68.5 Å². The monoisotopic (exact) mass is 244 g/mol. The van der Waals surface area contributed by atoms with Crippen LogP contribution in [0.15, 0.2) is 25.0 Å². The molecular weight excluding hydrogens is 228 g/mol. The number of aromatic nitrogens is 5. The summed E-state index contributed by atoms with van der Waals surface area (Å²) in [6, 6.07) is 0.487. The molecule has 1 saturated carbocycles. The Hall–Kier alpha value is -1.98. The number of nitrogens with one attached hydrogen (secondary N) is 1. The first-order valence-corrected chi connectivity index (χ1v) is 6.17. The van der Waals surface area contributed by atoms with E-state index in [4.69, 9.17) is 0 Å². The first-order chi connectivity index (χ1) is 8.79. The quantitative estimate of drug-likeness (QED) is 0.877. The maximum absolute atomic E-state index is 4.25. The third kappa shape index (κ3) is 2.47. The second kappa shape index (κ2) is 4.72. The fraction of sp³-hybridized carbons (Fsp3) is 0.500. The highest BCUT2D eigenvalue weighted by molar-refractivity contribution is 5.27. The van der Waals surface area contributed by atoms with E-state index in [2.05, 4.69) is 25.4 Å². The van der Waals surface area contributed by atoms with Crippen LogP contribution in [0.1, 0.15) is 18.4 Å². The Balaban J connectivity index is 1.46. The highest BCUT2D eigenvalue weighted by atomic mass is 15.3. The van der Waals surface area contributed by atoms with Crippen molar-refractivity contribution in [3.8, 4) is 0 Å². The number of nitrogens with zero attached hydrogens (tertiary/aromatic N) is 5. The summed E-state index contributed by atoms with van der Waals surface area (Å²) in [6.45, 7) is 2.94. The van der Waals surface area contributed by atoms with Gasteiger partial charge >= 0.3 is 0 Å². The Morgan fingerprint density at radius 2 is 2.11 bits per heavy atom. The van der Waals surface area contributed by atoms with Gasteiger partial charge in [0.2, 0.25) is 5.95 Å². The molecule has 0 aromatic carbocycles. The van der Waals surface area contributed by atoms with Crippen LogP contribution in [0.4, 0.5) is 5.95 Å². The number of rotatable bonds is 4. The van der Waals surface area contributed by atoms with Gasteiger partial charge in [-0.1, -0.05) is 0 Å². The van der Waals surface area contributed by atoms with Gasteiger partial charge in [-0.05, 0) is 31.2 Å². The van der Waals surface area contributed by atoms with Gasteiger partial charge in [0.1, 0.15) is 12.7 Å². The van der Waals surface area contributed by atoms with Crippen molar-refractivity contribution in [2.45, 2.75) is 32.4 Å². The molecule has 1 N–H and O–H groups in total. The summed E-state index contributed by atoms with van der Waals surface area (Å²) in [5.74, 6) is 1.40. The lowest BCUT2D eigenvalue weighted by molar-refractivity contribution is 0.240. The van der Waals surface area contributed by atoms with Crippen molar-refractivity contribution in [2.75, 3.05) is 5.32 Å². The van der Waals surface area contributed by atoms with Crippen LogP contribution in [0.25, 0.3) is 0 Å². The van der Waals surface area contributed by atoms with Crippen LogP contribution in [0.3, 0.4) is 0 Å². The second-order valence-corrected chi connectivity index (χ2v) is 4.88. The van der Waals surface area contributed by atoms with E-state index in [9.17, 15) is 0 Å². The van der Waals surface area contributed by atoms with E-state index in [1.54, 1.807) is 12.7 Å². The predicted octanol–water partition coefficient (Wildman–Crippen LogP) is 1.27. The van der Waals surface area contributed by atoms with E-state index in [1.165, 1.54) is 0 Å². The van der Waals surface area contributed by atoms with Crippen LogP contribution in [0, 0.1) is 12.8 Å². The fourth-order valence-corrected chi connectivity index (χ4v) is 2.24. The Kier molecular flexibility index (Phi) is 2.92. The van der Waals surface area contributed by atoms with Gasteiger partial charge in [0.25, 0.3) is 0 Å². The zero-order valence-corrected chi connectivity index (χ0v) is 10.3. The first kappa shape index (κ1) is 11.1. The highest BCUT2D eigenvalue weighted by Gasteiger charge is 2.29. The molecule has 1 fully saturated rings. The van der Waals surface area contributed by atoms with E-state index < -0.39 is 0 Å². The average Bonchev–Trinajstić information content (AvgIpc) is 2.82. The molecule has 2 heterocycles. The van der Waals surface area contributed by atoms with Crippen LogP contribution in [0.2, 0.25) is 0 Å². The Morgan fingerprint density at radius 1 is 1.33 bits per heavy atom. The number of hydrogen-bond donors (Lipinski definition) is 1. The molecule has 3 rings (SSSR count). The lowest BCUT2D eigenvalue weighted by Gasteiger charge is -2.35. The molecule has 6 nitrogen and oxygen atoms in total. The molecule has 0 bridgehead atoms. The number of hydrogen-bond acceptors (Lipinski definition) is 5. The molecular formula is C12H16N6. The minimum absolute atomic E-state index is 0.487. The van der Waals surface area contributed by atoms with E-state index in [-0.39, 0.29) is 0 Å². The fourth-order valence-electron chi connectivity index (χ4n) is 2.24. The van der Waals surface area contributed by atoms with Crippen LogP contribution < -0.4 is 5.32 Å². The van der Waals surface area contributed by atoms with Crippen LogP contribution in [-0.2, 0) is 6.54 Å². The molecule has 1 aliphatic rings. The third-order valence-electron chi connectivity index (χ3n) is 3.26. The second-order valence-electron chi connectivity index (χ2n) is 4.88. The summed E-state index contributed by atoms with van der Waals surface area (Å²) in [4.78, 5) is 12.4. The smallest absolute Gasteiger partial charge is 0.222 e. The van der Waals surface area contributed by atoms with Crippen molar-refractivity contribution < 1.29 is 0 Å². The molecule has 0 atom stereocenters. The molecule has 0 saturated heterocycles. The normalized spacial score (nSPS) is 22.5. The number of aryl methyl sites for hydroxylation is 1. The van der Waals surface area contributed by atoms with E-state index in [0.29, 0.717) is 12.0 Å². The SMILES string of the molecule is Cc1cnc(NC2CC(Cn3cncn3)C2)nc1. The van der Waals surface area contributed by atoms with Gasteiger partial charge in [-0.15, -0.1) is 0 Å². The minimum atomic E-state index is 0.487. The summed E-state index contributed by atoms with van der Waals surface area (Å²) >= 11 is 0. The van der Waals surface area contributed by atoms with Crippen LogP contribution in [-0.4, -0.2) is 30.8 Å². The maximum atomic E-state index is 4.25. The zero-order chi connectivity index (χ0) is 12.4. The highest BCUT2D eigenvalue weighted by Crippen LogP contribution is 2.30. The van der Waals surface area contributed by atoms with Gasteiger partial charge in [0.05, 0.1) is 0 Å². The Labute approximate surface area is 105 Å². The van der Waals surface area contributed by atoms with E-state index in [0.717, 1.165) is 30.9 Å². The van der Waals surface area contributed by atoms with E-state index in [1.807, 2.05) is 24.0 Å². The summed E-state index contributed by atoms with van der Waals surface area (Å²) in [5.41, 5.74) is 1.08. The molecule has 18 heavy (non-hydrogen) atoms. The molecule has 1 aliphatic carbocycles. The largest absolute Gasteiger partial charge is 0.351 e. The van der Waals surface area contributed by atoms with Crippen LogP contribution in [0.5, 0.6) is 0 Å².